The van der Waals surface area contributed by atoms with Crippen LogP contribution in [0.4, 0.5) is 0 Å². The van der Waals surface area contributed by atoms with Gasteiger partial charge in [-0.1, -0.05) is 381 Å². The summed E-state index contributed by atoms with van der Waals surface area (Å²) in [4.78, 5) is 72.7. The third kappa shape index (κ3) is 74.3. The van der Waals surface area contributed by atoms with E-state index in [4.69, 9.17) is 37.0 Å². The Hall–Kier alpha value is -1.94. The van der Waals surface area contributed by atoms with E-state index in [1.807, 2.05) is 0 Å². The number of carbonyl (C=O) groups is 4. The Bertz CT molecular complexity index is 1910. The lowest BCUT2D eigenvalue weighted by Crippen LogP contribution is -2.30. The Labute approximate surface area is 613 Å². The summed E-state index contributed by atoms with van der Waals surface area (Å²) in [5.41, 5.74) is 0. The molecule has 0 aromatic rings. The number of rotatable bonds is 81. The second kappa shape index (κ2) is 73.9. The first-order valence-electron chi connectivity index (χ1n) is 42.1. The monoisotopic (exact) mass is 1470 g/mol. The molecule has 100 heavy (non-hydrogen) atoms. The first-order valence-corrected chi connectivity index (χ1v) is 45.1. The molecule has 0 aromatic heterocycles. The molecule has 0 saturated carbocycles. The molecule has 0 aliphatic rings. The van der Waals surface area contributed by atoms with Crippen molar-refractivity contribution in [2.45, 2.75) is 451 Å². The number of unbranched alkanes of at least 4 members (excludes halogenated alkanes) is 53. The van der Waals surface area contributed by atoms with Crippen LogP contribution in [0.15, 0.2) is 0 Å². The van der Waals surface area contributed by atoms with Crippen molar-refractivity contribution in [1.29, 1.82) is 0 Å². The Kier molecular flexibility index (Phi) is 72.5. The lowest BCUT2D eigenvalue weighted by atomic mass is 10.0. The Morgan fingerprint density at radius 1 is 0.270 bits per heavy atom. The van der Waals surface area contributed by atoms with Gasteiger partial charge in [0, 0.05) is 25.7 Å². The van der Waals surface area contributed by atoms with E-state index in [-0.39, 0.29) is 25.7 Å². The van der Waals surface area contributed by atoms with E-state index < -0.39 is 97.5 Å². The number of aliphatic hydroxyl groups is 1. The smallest absolute Gasteiger partial charge is 0.462 e. The van der Waals surface area contributed by atoms with Crippen molar-refractivity contribution in [1.82, 2.24) is 0 Å². The molecule has 19 heteroatoms. The van der Waals surface area contributed by atoms with Crippen molar-refractivity contribution >= 4 is 39.5 Å². The molecular formula is C81H158O17P2. The van der Waals surface area contributed by atoms with Gasteiger partial charge in [-0.15, -0.1) is 0 Å². The SMILES string of the molecule is CCCCCCCCCCCCCCCCCCCCCCCCC(=O)O[C@H](COC(=O)CCCCCCCCCCCCCCCCCCCCCCC)COP(=O)(O)OC[C@@H](O)COP(=O)(O)OC[C@@H](COC(=O)CCCCCCCCC)OC(=O)CCCCCCCCCC(C)C. The average molecular weight is 1470 g/mol. The van der Waals surface area contributed by atoms with Crippen molar-refractivity contribution in [3.8, 4) is 0 Å². The molecule has 3 N–H and O–H groups in total. The van der Waals surface area contributed by atoms with Gasteiger partial charge >= 0.3 is 39.5 Å². The molecule has 2 unspecified atom stereocenters. The summed E-state index contributed by atoms with van der Waals surface area (Å²) < 4.78 is 68.5. The van der Waals surface area contributed by atoms with Crippen LogP contribution in [-0.4, -0.2) is 96.7 Å². The van der Waals surface area contributed by atoms with Crippen LogP contribution < -0.4 is 0 Å². The van der Waals surface area contributed by atoms with E-state index in [0.29, 0.717) is 31.6 Å². The minimum Gasteiger partial charge on any atom is -0.462 e. The molecule has 0 aliphatic heterocycles. The third-order valence-corrected chi connectivity index (χ3v) is 20.9. The summed E-state index contributed by atoms with van der Waals surface area (Å²) in [6, 6.07) is 0. The number of hydrogen-bond acceptors (Lipinski definition) is 15. The predicted octanol–water partition coefficient (Wildman–Crippen LogP) is 24.4. The van der Waals surface area contributed by atoms with Crippen LogP contribution in [0, 0.1) is 5.92 Å². The summed E-state index contributed by atoms with van der Waals surface area (Å²) in [6.45, 7) is 7.20. The molecule has 0 heterocycles. The fourth-order valence-corrected chi connectivity index (χ4v) is 14.2. The maximum atomic E-state index is 13.1. The molecule has 0 bridgehead atoms. The largest absolute Gasteiger partial charge is 0.472 e. The number of hydrogen-bond donors (Lipinski definition) is 3. The number of phosphoric acid groups is 2. The van der Waals surface area contributed by atoms with Gasteiger partial charge in [0.2, 0.25) is 0 Å². The van der Waals surface area contributed by atoms with Crippen molar-refractivity contribution < 1.29 is 80.2 Å². The zero-order valence-corrected chi connectivity index (χ0v) is 67.1. The second-order valence-corrected chi connectivity index (χ2v) is 32.5. The molecule has 0 saturated heterocycles. The van der Waals surface area contributed by atoms with Crippen molar-refractivity contribution in [3.05, 3.63) is 0 Å². The number of phosphoric ester groups is 2. The molecule has 0 fully saturated rings. The topological polar surface area (TPSA) is 237 Å². The third-order valence-electron chi connectivity index (χ3n) is 19.0. The highest BCUT2D eigenvalue weighted by Gasteiger charge is 2.30. The molecule has 0 spiro atoms. The first kappa shape index (κ1) is 98.1. The summed E-state index contributed by atoms with van der Waals surface area (Å²) in [6.07, 6.45) is 65.9. The Morgan fingerprint density at radius 2 is 0.460 bits per heavy atom. The number of carbonyl (C=O) groups excluding carboxylic acids is 4. The van der Waals surface area contributed by atoms with Gasteiger partial charge in [-0.25, -0.2) is 9.13 Å². The van der Waals surface area contributed by atoms with Crippen LogP contribution in [0.3, 0.4) is 0 Å². The van der Waals surface area contributed by atoms with Crippen molar-refractivity contribution in [2.24, 2.45) is 5.92 Å². The number of ether oxygens (including phenoxy) is 4. The highest BCUT2D eigenvalue weighted by atomic mass is 31.2. The van der Waals surface area contributed by atoms with Gasteiger partial charge in [0.1, 0.15) is 19.3 Å². The fourth-order valence-electron chi connectivity index (χ4n) is 12.6. The molecule has 17 nitrogen and oxygen atoms in total. The summed E-state index contributed by atoms with van der Waals surface area (Å²) in [7, 11) is -9.91. The molecule has 0 aromatic carbocycles. The minimum atomic E-state index is -4.96. The summed E-state index contributed by atoms with van der Waals surface area (Å²) >= 11 is 0. The van der Waals surface area contributed by atoms with Gasteiger partial charge in [-0.05, 0) is 31.6 Å². The van der Waals surface area contributed by atoms with Gasteiger partial charge < -0.3 is 33.8 Å². The van der Waals surface area contributed by atoms with Crippen LogP contribution >= 0.6 is 15.6 Å². The fraction of sp³-hybridized carbons (Fsp3) is 0.951. The van der Waals surface area contributed by atoms with E-state index in [1.54, 1.807) is 0 Å². The highest BCUT2D eigenvalue weighted by Crippen LogP contribution is 2.45. The quantitative estimate of drug-likeness (QED) is 0.0222. The van der Waals surface area contributed by atoms with Crippen LogP contribution in [-0.2, 0) is 65.4 Å². The summed E-state index contributed by atoms with van der Waals surface area (Å²) in [5, 5.41) is 10.6. The molecular weight excluding hydrogens is 1310 g/mol. The maximum absolute atomic E-state index is 13.1. The van der Waals surface area contributed by atoms with E-state index in [2.05, 4.69) is 34.6 Å². The van der Waals surface area contributed by atoms with Gasteiger partial charge in [0.15, 0.2) is 12.2 Å². The van der Waals surface area contributed by atoms with Gasteiger partial charge in [0.05, 0.1) is 26.4 Å². The van der Waals surface area contributed by atoms with Crippen LogP contribution in [0.1, 0.15) is 433 Å². The van der Waals surface area contributed by atoms with E-state index in [9.17, 15) is 43.2 Å². The minimum absolute atomic E-state index is 0.104. The molecule has 594 valence electrons. The molecule has 0 radical (unpaired) electrons. The Morgan fingerprint density at radius 3 is 0.680 bits per heavy atom. The predicted molar refractivity (Wildman–Crippen MR) is 409 cm³/mol. The van der Waals surface area contributed by atoms with Gasteiger partial charge in [0.25, 0.3) is 0 Å². The van der Waals surface area contributed by atoms with E-state index in [0.717, 1.165) is 103 Å². The maximum Gasteiger partial charge on any atom is 0.472 e. The number of aliphatic hydroxyl groups excluding tert-OH is 1. The number of esters is 4. The highest BCUT2D eigenvalue weighted by molar-refractivity contribution is 7.47. The van der Waals surface area contributed by atoms with E-state index >= 15 is 0 Å². The lowest BCUT2D eigenvalue weighted by molar-refractivity contribution is -0.161. The van der Waals surface area contributed by atoms with Gasteiger partial charge in [-0.2, -0.15) is 0 Å². The molecule has 0 amide bonds. The Balaban J connectivity index is 5.12. The normalized spacial score (nSPS) is 13.8. The van der Waals surface area contributed by atoms with Crippen molar-refractivity contribution in [2.75, 3.05) is 39.6 Å². The summed E-state index contributed by atoms with van der Waals surface area (Å²) in [5.74, 6) is -1.42. The van der Waals surface area contributed by atoms with Crippen LogP contribution in [0.25, 0.3) is 0 Å². The first-order chi connectivity index (χ1) is 48.5. The lowest BCUT2D eigenvalue weighted by Gasteiger charge is -2.21. The zero-order valence-electron chi connectivity index (χ0n) is 65.3. The molecule has 0 aliphatic carbocycles. The average Bonchev–Trinajstić information content (AvgIpc) is 0.950. The van der Waals surface area contributed by atoms with Gasteiger partial charge in [-0.3, -0.25) is 37.3 Å². The van der Waals surface area contributed by atoms with Crippen LogP contribution in [0.2, 0.25) is 0 Å². The van der Waals surface area contributed by atoms with E-state index in [1.165, 1.54) is 244 Å². The van der Waals surface area contributed by atoms with Crippen molar-refractivity contribution in [3.63, 3.8) is 0 Å². The standard InChI is InChI=1S/C81H158O17P2/c1-6-9-12-15-18-20-22-24-26-28-30-32-34-36-38-40-42-44-46-51-56-61-66-80(85)97-77(71-92-79(84)65-60-55-50-45-43-41-39-37-35-33-31-29-27-25-23-21-19-16-13-10-7-2)73-96-100(89,90)94-69-75(82)68-93-99(87,88)95-72-76(70-91-78(83)64-59-54-48-17-14-11-8-3)98-81(86)67-62-57-52-47-49-53-58-63-74(4)5/h74-77,82H,6-73H2,1-5H3,(H,87,88)(H,89,90)/t75-,76+,77+/m0/s1. The van der Waals surface area contributed by atoms with Crippen LogP contribution in [0.5, 0.6) is 0 Å². The molecule has 0 rings (SSSR count). The zero-order chi connectivity index (χ0) is 73.4. The molecule has 5 atom stereocenters. The second-order valence-electron chi connectivity index (χ2n) is 29.6.